The number of aryl methyl sites for hydroxylation is 1. The van der Waals surface area contributed by atoms with Gasteiger partial charge in [-0.1, -0.05) is 24.3 Å². The molecular weight excluding hydrogens is 354 g/mol. The molecule has 9 heteroatoms. The van der Waals surface area contributed by atoms with Crippen LogP contribution in [-0.2, 0) is 4.74 Å². The van der Waals surface area contributed by atoms with Crippen LogP contribution in [0, 0.1) is 6.92 Å². The van der Waals surface area contributed by atoms with Gasteiger partial charge in [0, 0.05) is 5.56 Å². The topological polar surface area (TPSA) is 119 Å². The maximum atomic E-state index is 10.2. The summed E-state index contributed by atoms with van der Waals surface area (Å²) in [5.41, 5.74) is 8.94. The van der Waals surface area contributed by atoms with Gasteiger partial charge < -0.3 is 20.7 Å². The third kappa shape index (κ3) is 2.64. The van der Waals surface area contributed by atoms with Crippen LogP contribution in [0.3, 0.4) is 0 Å². The third-order valence-corrected chi connectivity index (χ3v) is 5.19. The number of nitrogens with zero attached hydrogens (tertiary/aromatic N) is 4. The summed E-state index contributed by atoms with van der Waals surface area (Å²) in [4.78, 5) is 13.3. The summed E-state index contributed by atoms with van der Waals surface area (Å²) in [6.45, 7) is 1.68. The second-order valence-corrected chi connectivity index (χ2v) is 6.90. The number of ether oxygens (including phenoxy) is 1. The second kappa shape index (κ2) is 6.51. The molecule has 4 N–H and O–H groups in total. The van der Waals surface area contributed by atoms with Crippen molar-refractivity contribution in [2.45, 2.75) is 30.6 Å². The number of fused-ring (bicyclic) bond motifs is 1. The summed E-state index contributed by atoms with van der Waals surface area (Å²) in [6.07, 6.45) is -0.706. The van der Waals surface area contributed by atoms with Crippen molar-refractivity contribution in [2.75, 3.05) is 12.3 Å². The van der Waals surface area contributed by atoms with E-state index in [0.29, 0.717) is 17.0 Å². The fraction of sp³-hybridized carbons (Fsp3) is 0.353. The number of aliphatic hydroxyl groups is 2. The smallest absolute Gasteiger partial charge is 0.168 e. The molecule has 0 radical (unpaired) electrons. The van der Waals surface area contributed by atoms with Crippen molar-refractivity contribution in [2.24, 2.45) is 0 Å². The van der Waals surface area contributed by atoms with Crippen molar-refractivity contribution in [1.82, 2.24) is 19.5 Å². The Bertz CT molecular complexity index is 963. The number of imidazole rings is 1. The number of aromatic nitrogens is 4. The van der Waals surface area contributed by atoms with Gasteiger partial charge in [-0.05, 0) is 12.5 Å². The molecule has 2 aromatic heterocycles. The Kier molecular flexibility index (Phi) is 4.31. The van der Waals surface area contributed by atoms with E-state index in [2.05, 4.69) is 27.6 Å². The van der Waals surface area contributed by atoms with Gasteiger partial charge in [-0.2, -0.15) is 12.6 Å². The van der Waals surface area contributed by atoms with E-state index < -0.39 is 23.7 Å². The van der Waals surface area contributed by atoms with Gasteiger partial charge in [-0.25, -0.2) is 15.0 Å². The molecule has 136 valence electrons. The zero-order chi connectivity index (χ0) is 18.4. The number of hydrogen-bond donors (Lipinski definition) is 4. The van der Waals surface area contributed by atoms with Gasteiger partial charge in [0.1, 0.15) is 11.6 Å². The molecule has 1 fully saturated rings. The van der Waals surface area contributed by atoms with Gasteiger partial charge in [-0.3, -0.25) is 4.57 Å². The predicted octanol–water partition coefficient (Wildman–Crippen LogP) is 0.933. The minimum atomic E-state index is -0.902. The van der Waals surface area contributed by atoms with Gasteiger partial charge in [0.25, 0.3) is 0 Å². The number of nitrogen functional groups attached to an aromatic ring is 1. The Labute approximate surface area is 155 Å². The van der Waals surface area contributed by atoms with E-state index in [1.165, 1.54) is 6.33 Å². The van der Waals surface area contributed by atoms with Gasteiger partial charge in [0.15, 0.2) is 23.5 Å². The number of benzene rings is 1. The number of rotatable bonds is 3. The molecule has 1 aliphatic rings. The Morgan fingerprint density at radius 3 is 2.77 bits per heavy atom. The first-order valence-corrected chi connectivity index (χ1v) is 8.71. The first-order valence-electron chi connectivity index (χ1n) is 8.19. The number of thiol groups is 1. The van der Waals surface area contributed by atoms with Gasteiger partial charge in [0.05, 0.1) is 24.3 Å². The SMILES string of the molecule is Cc1ccccc1-c1nc(N)c2ncn([C@@H]3O[C@H](CO)[C@@H](O)[C@H]3S)c2n1. The Morgan fingerprint density at radius 1 is 1.31 bits per heavy atom. The molecule has 1 saturated heterocycles. The van der Waals surface area contributed by atoms with Crippen LogP contribution in [0.2, 0.25) is 0 Å². The van der Waals surface area contributed by atoms with Crippen LogP contribution in [0.5, 0.6) is 0 Å². The molecule has 1 aliphatic heterocycles. The first kappa shape index (κ1) is 17.2. The lowest BCUT2D eigenvalue weighted by Crippen LogP contribution is -2.30. The number of nitrogens with two attached hydrogens (primary N) is 1. The molecular formula is C17H19N5O3S. The molecule has 4 atom stereocenters. The molecule has 26 heavy (non-hydrogen) atoms. The summed E-state index contributed by atoms with van der Waals surface area (Å²) in [5.74, 6) is 0.753. The van der Waals surface area contributed by atoms with E-state index in [-0.39, 0.29) is 12.4 Å². The number of hydrogen-bond acceptors (Lipinski definition) is 8. The fourth-order valence-electron chi connectivity index (χ4n) is 3.18. The van der Waals surface area contributed by atoms with Crippen molar-refractivity contribution in [1.29, 1.82) is 0 Å². The van der Waals surface area contributed by atoms with Crippen LogP contribution in [0.15, 0.2) is 30.6 Å². The summed E-state index contributed by atoms with van der Waals surface area (Å²) >= 11 is 4.44. The lowest BCUT2D eigenvalue weighted by atomic mass is 10.1. The molecule has 0 bridgehead atoms. The fourth-order valence-corrected chi connectivity index (χ4v) is 3.58. The Morgan fingerprint density at radius 2 is 2.08 bits per heavy atom. The Balaban J connectivity index is 1.84. The number of anilines is 1. The molecule has 1 aromatic carbocycles. The van der Waals surface area contributed by atoms with Gasteiger partial charge in [-0.15, -0.1) is 0 Å². The van der Waals surface area contributed by atoms with Crippen LogP contribution in [-0.4, -0.2) is 53.8 Å². The lowest BCUT2D eigenvalue weighted by molar-refractivity contribution is -0.0430. The van der Waals surface area contributed by atoms with E-state index in [0.717, 1.165) is 11.1 Å². The zero-order valence-corrected chi connectivity index (χ0v) is 14.9. The summed E-state index contributed by atoms with van der Waals surface area (Å²) in [6, 6.07) is 7.76. The van der Waals surface area contributed by atoms with Crippen LogP contribution in [0.4, 0.5) is 5.82 Å². The molecule has 0 aliphatic carbocycles. The van der Waals surface area contributed by atoms with Crippen molar-refractivity contribution in [3.63, 3.8) is 0 Å². The lowest BCUT2D eigenvalue weighted by Gasteiger charge is -2.17. The van der Waals surface area contributed by atoms with Crippen LogP contribution in [0.25, 0.3) is 22.6 Å². The van der Waals surface area contributed by atoms with Crippen molar-refractivity contribution < 1.29 is 14.9 Å². The van der Waals surface area contributed by atoms with Crippen molar-refractivity contribution in [3.05, 3.63) is 36.2 Å². The van der Waals surface area contributed by atoms with E-state index >= 15 is 0 Å². The molecule has 3 aromatic rings. The highest BCUT2D eigenvalue weighted by Gasteiger charge is 2.43. The first-order chi connectivity index (χ1) is 12.5. The van der Waals surface area contributed by atoms with Gasteiger partial charge >= 0.3 is 0 Å². The molecule has 4 rings (SSSR count). The van der Waals surface area contributed by atoms with E-state index in [1.807, 2.05) is 31.2 Å². The van der Waals surface area contributed by atoms with E-state index in [1.54, 1.807) is 4.57 Å². The molecule has 0 unspecified atom stereocenters. The average Bonchev–Trinajstić information content (AvgIpc) is 3.17. The molecule has 0 saturated carbocycles. The quantitative estimate of drug-likeness (QED) is 0.504. The van der Waals surface area contributed by atoms with Gasteiger partial charge in [0.2, 0.25) is 0 Å². The van der Waals surface area contributed by atoms with Crippen molar-refractivity contribution in [3.8, 4) is 11.4 Å². The third-order valence-electron chi connectivity index (χ3n) is 4.63. The molecule has 0 amide bonds. The van der Waals surface area contributed by atoms with Crippen LogP contribution < -0.4 is 5.73 Å². The molecule has 8 nitrogen and oxygen atoms in total. The Hall–Kier alpha value is -2.20. The summed E-state index contributed by atoms with van der Waals surface area (Å²) in [7, 11) is 0. The normalized spacial score (nSPS) is 25.8. The molecule has 0 spiro atoms. The van der Waals surface area contributed by atoms with E-state index in [9.17, 15) is 10.2 Å². The summed E-state index contributed by atoms with van der Waals surface area (Å²) < 4.78 is 7.41. The monoisotopic (exact) mass is 373 g/mol. The second-order valence-electron chi connectivity index (χ2n) is 6.30. The average molecular weight is 373 g/mol. The zero-order valence-electron chi connectivity index (χ0n) is 14.0. The largest absolute Gasteiger partial charge is 0.394 e. The highest BCUT2D eigenvalue weighted by Crippen LogP contribution is 2.35. The van der Waals surface area contributed by atoms with Crippen molar-refractivity contribution >= 4 is 29.6 Å². The maximum Gasteiger partial charge on any atom is 0.168 e. The van der Waals surface area contributed by atoms with Crippen LogP contribution in [0.1, 0.15) is 11.8 Å². The maximum absolute atomic E-state index is 10.2. The molecule has 3 heterocycles. The minimum Gasteiger partial charge on any atom is -0.394 e. The van der Waals surface area contributed by atoms with Crippen LogP contribution >= 0.6 is 12.6 Å². The highest BCUT2D eigenvalue weighted by molar-refractivity contribution is 7.81. The van der Waals surface area contributed by atoms with E-state index in [4.69, 9.17) is 10.5 Å². The minimum absolute atomic E-state index is 0.264. The predicted molar refractivity (Wildman–Crippen MR) is 99.7 cm³/mol. The number of aliphatic hydroxyl groups excluding tert-OH is 2. The highest BCUT2D eigenvalue weighted by atomic mass is 32.1. The summed E-state index contributed by atoms with van der Waals surface area (Å²) in [5, 5.41) is 19.0. The standard InChI is InChI=1S/C17H19N5O3S/c1-8-4-2-3-5-9(8)15-20-14(18)11-16(21-15)22(7-19-11)17-13(26)12(24)10(6-23)25-17/h2-5,7,10,12-13,17,23-24,26H,6H2,1H3,(H2,18,20,21)/t10-,12-,13-,17-/m1/s1.